The smallest absolute Gasteiger partial charge is 0.343 e. The van der Waals surface area contributed by atoms with Crippen molar-refractivity contribution in [2.45, 2.75) is 27.7 Å². The van der Waals surface area contributed by atoms with Gasteiger partial charge in [-0.25, -0.2) is 10.2 Å². The molecule has 11 radical (unpaired) electrons. The van der Waals surface area contributed by atoms with Gasteiger partial charge in [0.05, 0.1) is 12.8 Å². The minimum Gasteiger partial charge on any atom is -0.343 e. The zero-order valence-electron chi connectivity index (χ0n) is 11.3. The molecule has 0 aromatic rings. The first kappa shape index (κ1) is 24.3. The minimum atomic E-state index is -0.565. The Morgan fingerprint density at radius 2 is 1.05 bits per heavy atom. The molecule has 0 aliphatic heterocycles. The molecule has 0 aliphatic carbocycles. The van der Waals surface area contributed by atoms with E-state index in [1.165, 1.54) is 13.8 Å². The fourth-order valence-corrected chi connectivity index (χ4v) is 0.700. The number of ether oxygens (including phenoxy) is 2. The van der Waals surface area contributed by atoms with Crippen molar-refractivity contribution >= 4 is 0 Å². The first-order chi connectivity index (χ1) is 8.33. The molecule has 0 bridgehead atoms. The monoisotopic (exact) mass is 321 g/mol. The molecule has 0 spiro atoms. The molecule has 0 aliphatic rings. The minimum absolute atomic E-state index is 0. The maximum absolute atomic E-state index is 10.4. The van der Waals surface area contributed by atoms with Crippen LogP contribution in [0.25, 0.3) is 0 Å². The molecule has 0 aromatic heterocycles. The van der Waals surface area contributed by atoms with Crippen LogP contribution in [0, 0.1) is 37.6 Å². The molecule has 19 heavy (non-hydrogen) atoms. The molecule has 0 atom stereocenters. The van der Waals surface area contributed by atoms with E-state index in [1.807, 2.05) is 0 Å². The van der Waals surface area contributed by atoms with Crippen LogP contribution in [0.15, 0.2) is 0 Å². The standard InChI is InChI=1S/2C6H9O3.Cu/c2*1-3-9-6(8)4-5(2)7;/h2*4H,3H2,1-2H3;/q;;+2. The molecule has 6 nitrogen and oxygen atoms in total. The van der Waals surface area contributed by atoms with Crippen molar-refractivity contribution in [1.82, 2.24) is 0 Å². The molecular weight excluding hydrogens is 304 g/mol. The Labute approximate surface area is 126 Å². The zero-order valence-corrected chi connectivity index (χ0v) is 12.3. The van der Waals surface area contributed by atoms with Gasteiger partial charge in [-0.1, -0.05) is 0 Å². The summed E-state index contributed by atoms with van der Waals surface area (Å²) in [6.07, 6.45) is 0.143. The summed E-state index contributed by atoms with van der Waals surface area (Å²) in [5, 5.41) is 41.1. The summed E-state index contributed by atoms with van der Waals surface area (Å²) in [5.74, 6) is 0. The molecule has 111 valence electrons. The molecule has 0 saturated heterocycles. The summed E-state index contributed by atoms with van der Waals surface area (Å²) >= 11 is 0. The maximum atomic E-state index is 10.4. The summed E-state index contributed by atoms with van der Waals surface area (Å²) in [4.78, 5) is 0. The molecule has 0 rings (SSSR count). The molecule has 0 heterocycles. The van der Waals surface area contributed by atoms with E-state index in [2.05, 4.69) is 9.47 Å². The van der Waals surface area contributed by atoms with Gasteiger partial charge in [-0.3, -0.25) is 0 Å². The summed E-state index contributed by atoms with van der Waals surface area (Å²) in [6.45, 7) is 6.59. The number of hydrogen-bond acceptors (Lipinski definition) is 2. The van der Waals surface area contributed by atoms with E-state index < -0.39 is 12.6 Å². The molecule has 0 amide bonds. The van der Waals surface area contributed by atoms with Crippen molar-refractivity contribution in [3.8, 4) is 0 Å². The second-order valence-corrected chi connectivity index (χ2v) is 3.01. The Bertz CT molecular complexity index is 150. The summed E-state index contributed by atoms with van der Waals surface area (Å²) < 4.78 is 8.87. The van der Waals surface area contributed by atoms with E-state index in [4.69, 9.17) is 0 Å². The van der Waals surface area contributed by atoms with Crippen LogP contribution in [-0.2, 0) is 47.0 Å². The largest absolute Gasteiger partial charge is 2.00 e. The van der Waals surface area contributed by atoms with Crippen molar-refractivity contribution in [3.05, 3.63) is 37.6 Å². The summed E-state index contributed by atoms with van der Waals surface area (Å²) in [6, 6.07) is 0. The Balaban J connectivity index is -0.000000256. The third-order valence-corrected chi connectivity index (χ3v) is 1.22. The molecule has 0 aromatic carbocycles. The van der Waals surface area contributed by atoms with Crippen LogP contribution >= 0.6 is 0 Å². The van der Waals surface area contributed by atoms with Crippen molar-refractivity contribution in [1.29, 1.82) is 0 Å². The van der Waals surface area contributed by atoms with E-state index in [9.17, 15) is 20.4 Å². The normalized spacial score (nSPS) is 10.7. The molecule has 0 N–H and O–H groups in total. The van der Waals surface area contributed by atoms with Gasteiger partial charge in [0.1, 0.15) is 12.2 Å². The summed E-state index contributed by atoms with van der Waals surface area (Å²) in [5.41, 5.74) is 0. The number of hydrogen-bond donors (Lipinski definition) is 0. The van der Waals surface area contributed by atoms with Crippen LogP contribution in [-0.4, -0.2) is 13.2 Å². The second-order valence-electron chi connectivity index (χ2n) is 3.01. The average Bonchev–Trinajstić information content (AvgIpc) is 2.16. The summed E-state index contributed by atoms with van der Waals surface area (Å²) in [7, 11) is 0. The van der Waals surface area contributed by atoms with Crippen molar-refractivity contribution in [2.75, 3.05) is 13.2 Å². The first-order valence-corrected chi connectivity index (χ1v) is 5.37. The predicted molar refractivity (Wildman–Crippen MR) is 58.9 cm³/mol. The third kappa shape index (κ3) is 23.8. The quantitative estimate of drug-likeness (QED) is 0.640. The van der Waals surface area contributed by atoms with Crippen LogP contribution in [0.4, 0.5) is 0 Å². The molecular formula is C12H18CuO6+2. The van der Waals surface area contributed by atoms with Crippen LogP contribution in [0.3, 0.4) is 0 Å². The van der Waals surface area contributed by atoms with Gasteiger partial charge in [-0.2, -0.15) is 10.2 Å². The Morgan fingerprint density at radius 1 is 0.789 bits per heavy atom. The van der Waals surface area contributed by atoms with Gasteiger partial charge in [-0.05, 0) is 27.7 Å². The van der Waals surface area contributed by atoms with E-state index in [0.717, 1.165) is 12.8 Å². The van der Waals surface area contributed by atoms with Crippen LogP contribution in [0.5, 0.6) is 0 Å². The van der Waals surface area contributed by atoms with E-state index in [1.54, 1.807) is 13.8 Å². The van der Waals surface area contributed by atoms with E-state index in [0.29, 0.717) is 13.2 Å². The van der Waals surface area contributed by atoms with Gasteiger partial charge in [0.2, 0.25) is 0 Å². The zero-order chi connectivity index (χ0) is 14.6. The average molecular weight is 322 g/mol. The maximum Gasteiger partial charge on any atom is 2.00 e. The topological polar surface area (TPSA) is 98.1 Å². The fourth-order valence-electron chi connectivity index (χ4n) is 0.700. The van der Waals surface area contributed by atoms with Gasteiger partial charge in [0, 0.05) is 13.2 Å². The van der Waals surface area contributed by atoms with Gasteiger partial charge < -0.3 is 9.47 Å². The van der Waals surface area contributed by atoms with Gasteiger partial charge in [-0.15, -0.1) is 0 Å². The molecule has 0 saturated carbocycles. The van der Waals surface area contributed by atoms with Crippen molar-refractivity contribution in [2.24, 2.45) is 0 Å². The first-order valence-electron chi connectivity index (χ1n) is 5.37. The predicted octanol–water partition coefficient (Wildman–Crippen LogP) is 2.26. The Hall–Kier alpha value is 0.279. The Kier molecular flexibility index (Phi) is 20.9. The van der Waals surface area contributed by atoms with Crippen molar-refractivity contribution in [3.63, 3.8) is 0 Å². The molecule has 0 fully saturated rings. The van der Waals surface area contributed by atoms with Crippen LogP contribution < -0.4 is 0 Å². The second kappa shape index (κ2) is 16.3. The third-order valence-electron chi connectivity index (χ3n) is 1.22. The van der Waals surface area contributed by atoms with E-state index in [-0.39, 0.29) is 29.3 Å². The van der Waals surface area contributed by atoms with Gasteiger partial charge in [0.25, 0.3) is 12.6 Å². The van der Waals surface area contributed by atoms with Gasteiger partial charge >= 0.3 is 17.1 Å². The number of rotatable bonds is 8. The fraction of sp³-hybridized carbons (Fsp3) is 0.500. The van der Waals surface area contributed by atoms with E-state index >= 15 is 0 Å². The SMILES string of the molecule is CCO[C]([O])[CH][C](C)[O].CCO[C]([O])[CH][C](C)[O].[Cu+2]. The van der Waals surface area contributed by atoms with Gasteiger partial charge in [0.15, 0.2) is 0 Å². The van der Waals surface area contributed by atoms with Crippen molar-refractivity contribution < 1.29 is 47.0 Å². The van der Waals surface area contributed by atoms with Crippen LogP contribution in [0.2, 0.25) is 0 Å². The van der Waals surface area contributed by atoms with Crippen LogP contribution in [0.1, 0.15) is 27.7 Å². The molecule has 7 heteroatoms. The Morgan fingerprint density at radius 3 is 1.21 bits per heavy atom. The molecule has 0 unspecified atom stereocenters.